The van der Waals surface area contributed by atoms with Gasteiger partial charge in [0.2, 0.25) is 10.0 Å². The van der Waals surface area contributed by atoms with Crippen molar-refractivity contribution in [1.29, 1.82) is 0 Å². The highest BCUT2D eigenvalue weighted by Gasteiger charge is 2.32. The van der Waals surface area contributed by atoms with Crippen LogP contribution in [0.15, 0.2) is 23.1 Å². The van der Waals surface area contributed by atoms with Crippen molar-refractivity contribution in [3.05, 3.63) is 28.3 Å². The van der Waals surface area contributed by atoms with Crippen LogP contribution in [0.1, 0.15) is 13.8 Å². The van der Waals surface area contributed by atoms with E-state index in [1.807, 2.05) is 0 Å². The molecule has 0 amide bonds. The number of hydrogen-bond donors (Lipinski definition) is 2. The molecule has 0 spiro atoms. The van der Waals surface area contributed by atoms with Crippen LogP contribution < -0.4 is 5.73 Å². The van der Waals surface area contributed by atoms with Crippen molar-refractivity contribution in [2.45, 2.75) is 24.8 Å². The summed E-state index contributed by atoms with van der Waals surface area (Å²) < 4.78 is 25.9. The smallest absolute Gasteiger partial charge is 0.291 e. The number of sulfonamides is 1. The Morgan fingerprint density at radius 1 is 1.45 bits per heavy atom. The van der Waals surface area contributed by atoms with Crippen molar-refractivity contribution >= 4 is 21.4 Å². The predicted molar refractivity (Wildman–Crippen MR) is 73.6 cm³/mol. The summed E-state index contributed by atoms with van der Waals surface area (Å²) in [7, 11) is -4.08. The topological polar surface area (TPSA) is 127 Å². The monoisotopic (exact) mass is 303 g/mol. The molecule has 0 bridgehead atoms. The Bertz CT molecular complexity index is 600. The van der Waals surface area contributed by atoms with Gasteiger partial charge in [0, 0.05) is 24.3 Å². The van der Waals surface area contributed by atoms with Crippen molar-refractivity contribution in [2.24, 2.45) is 0 Å². The molecule has 8 nitrogen and oxygen atoms in total. The molecule has 0 aliphatic carbocycles. The zero-order chi connectivity index (χ0) is 15.5. The van der Waals surface area contributed by atoms with Crippen LogP contribution in [0, 0.1) is 10.1 Å². The number of aliphatic hydroxyl groups is 1. The van der Waals surface area contributed by atoms with Crippen molar-refractivity contribution in [3.63, 3.8) is 0 Å². The van der Waals surface area contributed by atoms with E-state index in [9.17, 15) is 18.5 Å². The number of benzene rings is 1. The van der Waals surface area contributed by atoms with Crippen LogP contribution in [-0.4, -0.2) is 41.9 Å². The molecule has 0 heterocycles. The van der Waals surface area contributed by atoms with E-state index in [1.54, 1.807) is 13.8 Å². The maximum Gasteiger partial charge on any atom is 0.291 e. The van der Waals surface area contributed by atoms with Gasteiger partial charge in [-0.15, -0.1) is 0 Å². The molecule has 0 aromatic heterocycles. The summed E-state index contributed by atoms with van der Waals surface area (Å²) in [5.74, 6) is 0. The fraction of sp³-hybridized carbons (Fsp3) is 0.455. The first kappa shape index (κ1) is 16.3. The Morgan fingerprint density at radius 2 is 2.05 bits per heavy atom. The van der Waals surface area contributed by atoms with Crippen LogP contribution in [0.2, 0.25) is 0 Å². The van der Waals surface area contributed by atoms with E-state index < -0.39 is 31.6 Å². The van der Waals surface area contributed by atoms with E-state index in [-0.39, 0.29) is 18.8 Å². The highest BCUT2D eigenvalue weighted by molar-refractivity contribution is 7.89. The van der Waals surface area contributed by atoms with Gasteiger partial charge in [-0.1, -0.05) is 0 Å². The van der Waals surface area contributed by atoms with Crippen LogP contribution >= 0.6 is 0 Å². The van der Waals surface area contributed by atoms with Crippen LogP contribution in [0.25, 0.3) is 0 Å². The Labute approximate surface area is 117 Å². The first-order valence-electron chi connectivity index (χ1n) is 5.88. The van der Waals surface area contributed by atoms with Gasteiger partial charge in [-0.2, -0.15) is 4.31 Å². The van der Waals surface area contributed by atoms with E-state index in [2.05, 4.69) is 0 Å². The lowest BCUT2D eigenvalue weighted by Gasteiger charge is -2.24. The summed E-state index contributed by atoms with van der Waals surface area (Å²) in [5, 5.41) is 19.9. The largest absolute Gasteiger partial charge is 0.399 e. The van der Waals surface area contributed by atoms with Crippen LogP contribution in [0.5, 0.6) is 0 Å². The summed E-state index contributed by atoms with van der Waals surface area (Å²) in [6.07, 6.45) is 0. The maximum atomic E-state index is 12.5. The second-order valence-corrected chi connectivity index (χ2v) is 6.28. The summed E-state index contributed by atoms with van der Waals surface area (Å²) in [5.41, 5.74) is 4.98. The highest BCUT2D eigenvalue weighted by atomic mass is 32.2. The van der Waals surface area contributed by atoms with Gasteiger partial charge >= 0.3 is 0 Å². The molecule has 1 aromatic rings. The third-order valence-corrected chi connectivity index (χ3v) is 4.79. The number of anilines is 1. The molecular formula is C11H17N3O5S. The third-order valence-electron chi connectivity index (χ3n) is 2.66. The van der Waals surface area contributed by atoms with E-state index in [0.717, 1.165) is 16.4 Å². The van der Waals surface area contributed by atoms with Crippen LogP contribution in [-0.2, 0) is 10.0 Å². The second-order valence-electron chi connectivity index (χ2n) is 4.42. The fourth-order valence-corrected chi connectivity index (χ4v) is 3.54. The molecule has 0 saturated carbocycles. The molecule has 20 heavy (non-hydrogen) atoms. The van der Waals surface area contributed by atoms with Crippen molar-refractivity contribution in [1.82, 2.24) is 4.31 Å². The maximum absolute atomic E-state index is 12.5. The van der Waals surface area contributed by atoms with E-state index in [4.69, 9.17) is 10.8 Å². The normalized spacial score (nSPS) is 12.1. The number of nitrogens with two attached hydrogens (primary N) is 1. The van der Waals surface area contributed by atoms with Gasteiger partial charge < -0.3 is 10.8 Å². The molecular weight excluding hydrogens is 286 g/mol. The van der Waals surface area contributed by atoms with Gasteiger partial charge in [0.05, 0.1) is 11.5 Å². The average molecular weight is 303 g/mol. The molecule has 3 N–H and O–H groups in total. The molecule has 112 valence electrons. The molecule has 0 unspecified atom stereocenters. The quantitative estimate of drug-likeness (QED) is 0.449. The Kier molecular flexibility index (Phi) is 5.03. The molecule has 1 rings (SSSR count). The Morgan fingerprint density at radius 3 is 2.50 bits per heavy atom. The summed E-state index contributed by atoms with van der Waals surface area (Å²) in [6, 6.07) is 2.96. The van der Waals surface area contributed by atoms with E-state index in [1.165, 1.54) is 6.07 Å². The van der Waals surface area contributed by atoms with Gasteiger partial charge in [0.1, 0.15) is 0 Å². The van der Waals surface area contributed by atoms with Crippen molar-refractivity contribution in [2.75, 3.05) is 18.9 Å². The predicted octanol–water partition coefficient (Wildman–Crippen LogP) is 0.568. The highest BCUT2D eigenvalue weighted by Crippen LogP contribution is 2.29. The standard InChI is InChI=1S/C11H17N3O5S/c1-8(2)13(5-6-15)20(18,19)11-4-3-9(12)7-10(11)14(16)17/h3-4,7-8,15H,5-6,12H2,1-2H3. The third kappa shape index (κ3) is 3.24. The first-order chi connectivity index (χ1) is 9.21. The zero-order valence-corrected chi connectivity index (χ0v) is 12.0. The summed E-state index contributed by atoms with van der Waals surface area (Å²) in [4.78, 5) is 9.77. The molecule has 0 atom stereocenters. The van der Waals surface area contributed by atoms with Crippen LogP contribution in [0.4, 0.5) is 11.4 Å². The number of nitrogen functional groups attached to an aromatic ring is 1. The summed E-state index contributed by atoms with van der Waals surface area (Å²) >= 11 is 0. The Hall–Kier alpha value is -1.71. The molecule has 0 fully saturated rings. The molecule has 0 radical (unpaired) electrons. The van der Waals surface area contributed by atoms with Gasteiger partial charge in [-0.25, -0.2) is 8.42 Å². The number of aliphatic hydroxyl groups excluding tert-OH is 1. The minimum Gasteiger partial charge on any atom is -0.399 e. The lowest BCUT2D eigenvalue weighted by Crippen LogP contribution is -2.39. The minimum atomic E-state index is -4.08. The molecule has 9 heteroatoms. The van der Waals surface area contributed by atoms with Crippen LogP contribution in [0.3, 0.4) is 0 Å². The van der Waals surface area contributed by atoms with Crippen molar-refractivity contribution in [3.8, 4) is 0 Å². The molecule has 1 aromatic carbocycles. The average Bonchev–Trinajstić information content (AvgIpc) is 2.34. The molecule has 0 aliphatic heterocycles. The number of nitrogens with zero attached hydrogens (tertiary/aromatic N) is 2. The second kappa shape index (κ2) is 6.16. The Balaban J connectivity index is 3.45. The lowest BCUT2D eigenvalue weighted by molar-refractivity contribution is -0.387. The van der Waals surface area contributed by atoms with Crippen molar-refractivity contribution < 1.29 is 18.4 Å². The fourth-order valence-electron chi connectivity index (χ4n) is 1.78. The van der Waals surface area contributed by atoms with Gasteiger partial charge in [0.25, 0.3) is 5.69 Å². The lowest BCUT2D eigenvalue weighted by atomic mass is 10.3. The number of hydrogen-bond acceptors (Lipinski definition) is 6. The van der Waals surface area contributed by atoms with E-state index >= 15 is 0 Å². The van der Waals surface area contributed by atoms with E-state index in [0.29, 0.717) is 0 Å². The van der Waals surface area contributed by atoms with Gasteiger partial charge in [-0.05, 0) is 26.0 Å². The number of nitro benzene ring substituents is 1. The first-order valence-corrected chi connectivity index (χ1v) is 7.32. The molecule has 0 saturated heterocycles. The van der Waals surface area contributed by atoms with Gasteiger partial charge in [-0.3, -0.25) is 10.1 Å². The minimum absolute atomic E-state index is 0.105. The number of rotatable bonds is 6. The summed E-state index contributed by atoms with van der Waals surface area (Å²) in [6.45, 7) is 2.73. The van der Waals surface area contributed by atoms with Gasteiger partial charge in [0.15, 0.2) is 4.90 Å². The number of nitro groups is 1. The zero-order valence-electron chi connectivity index (χ0n) is 11.2. The SMILES string of the molecule is CC(C)N(CCO)S(=O)(=O)c1ccc(N)cc1[N+](=O)[O-]. The molecule has 0 aliphatic rings.